The van der Waals surface area contributed by atoms with Gasteiger partial charge in [-0.1, -0.05) is 30.7 Å². The van der Waals surface area contributed by atoms with Crippen LogP contribution in [-0.2, 0) is 4.79 Å². The van der Waals surface area contributed by atoms with Crippen molar-refractivity contribution in [3.63, 3.8) is 0 Å². The molecule has 0 aromatic heterocycles. The predicted molar refractivity (Wildman–Crippen MR) is 114 cm³/mol. The summed E-state index contributed by atoms with van der Waals surface area (Å²) in [7, 11) is 0. The Morgan fingerprint density at radius 3 is 2.90 bits per heavy atom. The highest BCUT2D eigenvalue weighted by Gasteiger charge is 2.42. The zero-order chi connectivity index (χ0) is 20.6. The van der Waals surface area contributed by atoms with Crippen molar-refractivity contribution in [1.29, 1.82) is 0 Å². The molecule has 2 heterocycles. The fraction of sp³-hybridized carbons (Fsp3) is 0.364. The zero-order valence-corrected chi connectivity index (χ0v) is 17.2. The first-order valence-electron chi connectivity index (χ1n) is 9.79. The van der Waals surface area contributed by atoms with Gasteiger partial charge < -0.3 is 20.1 Å². The van der Waals surface area contributed by atoms with E-state index in [0.717, 1.165) is 23.7 Å². The summed E-state index contributed by atoms with van der Waals surface area (Å²) < 4.78 is 6.12. The van der Waals surface area contributed by atoms with Gasteiger partial charge in [-0.2, -0.15) is 0 Å². The van der Waals surface area contributed by atoms with Gasteiger partial charge >= 0.3 is 5.97 Å². The Balaban J connectivity index is 1.77. The normalized spacial score (nSPS) is 20.4. The molecule has 2 aromatic carbocycles. The fourth-order valence-electron chi connectivity index (χ4n) is 3.85. The molecule has 0 radical (unpaired) electrons. The van der Waals surface area contributed by atoms with Gasteiger partial charge in [-0.3, -0.25) is 4.79 Å². The highest BCUT2D eigenvalue weighted by Crippen LogP contribution is 2.40. The topological polar surface area (TPSA) is 74.2 Å². The number of halogens is 1. The van der Waals surface area contributed by atoms with Crippen LogP contribution in [0.15, 0.2) is 47.5 Å². The van der Waals surface area contributed by atoms with Gasteiger partial charge in [0.25, 0.3) is 0 Å². The largest absolute Gasteiger partial charge is 0.481 e. The van der Waals surface area contributed by atoms with Crippen molar-refractivity contribution >= 4 is 29.1 Å². The number of carboxylic acid groups (broad SMARTS) is 1. The summed E-state index contributed by atoms with van der Waals surface area (Å²) in [6.45, 7) is 5.66. The van der Waals surface area contributed by atoms with Crippen molar-refractivity contribution in [3.05, 3.63) is 53.1 Å². The Hall–Kier alpha value is -2.57. The highest BCUT2D eigenvalue weighted by atomic mass is 35.5. The van der Waals surface area contributed by atoms with E-state index in [4.69, 9.17) is 21.3 Å². The van der Waals surface area contributed by atoms with Crippen molar-refractivity contribution in [3.8, 4) is 11.5 Å². The maximum atomic E-state index is 12.0. The lowest BCUT2D eigenvalue weighted by Crippen LogP contribution is -2.60. The Morgan fingerprint density at radius 1 is 1.34 bits per heavy atom. The molecule has 7 heteroatoms. The average molecular weight is 414 g/mol. The van der Waals surface area contributed by atoms with Crippen LogP contribution in [0, 0.1) is 5.41 Å². The van der Waals surface area contributed by atoms with E-state index in [-0.39, 0.29) is 6.04 Å². The van der Waals surface area contributed by atoms with Gasteiger partial charge in [0, 0.05) is 30.7 Å². The number of amidine groups is 1. The molecule has 0 aliphatic carbocycles. The molecule has 4 rings (SSSR count). The van der Waals surface area contributed by atoms with Gasteiger partial charge in [-0.05, 0) is 43.7 Å². The minimum Gasteiger partial charge on any atom is -0.481 e. The number of piperazine rings is 1. The number of hydrogen-bond acceptors (Lipinski definition) is 5. The van der Waals surface area contributed by atoms with Crippen LogP contribution in [0.1, 0.15) is 25.8 Å². The van der Waals surface area contributed by atoms with Crippen LogP contribution in [0.2, 0.25) is 5.02 Å². The number of rotatable bonds is 3. The number of carboxylic acids is 1. The molecule has 0 bridgehead atoms. The van der Waals surface area contributed by atoms with Crippen LogP contribution in [0.25, 0.3) is 0 Å². The molecule has 2 aliphatic heterocycles. The van der Waals surface area contributed by atoms with Crippen molar-refractivity contribution in [2.75, 3.05) is 19.6 Å². The molecule has 6 nitrogen and oxygen atoms in total. The molecular weight excluding hydrogens is 390 g/mol. The van der Waals surface area contributed by atoms with Crippen LogP contribution in [-0.4, -0.2) is 47.5 Å². The lowest BCUT2D eigenvalue weighted by Gasteiger charge is -2.42. The number of nitrogens with zero attached hydrogens (tertiary/aromatic N) is 2. The molecule has 29 heavy (non-hydrogen) atoms. The fourth-order valence-corrected chi connectivity index (χ4v) is 4.02. The molecule has 2 atom stereocenters. The van der Waals surface area contributed by atoms with Gasteiger partial charge in [0.1, 0.15) is 17.3 Å². The van der Waals surface area contributed by atoms with Gasteiger partial charge in [0.15, 0.2) is 5.75 Å². The number of aliphatic imine (C=N–C) groups is 1. The van der Waals surface area contributed by atoms with E-state index >= 15 is 0 Å². The van der Waals surface area contributed by atoms with Gasteiger partial charge in [-0.15, -0.1) is 0 Å². The number of aliphatic carboxylic acids is 1. The van der Waals surface area contributed by atoms with E-state index in [2.05, 4.69) is 10.2 Å². The van der Waals surface area contributed by atoms with Crippen LogP contribution < -0.4 is 10.1 Å². The minimum absolute atomic E-state index is 0.198. The summed E-state index contributed by atoms with van der Waals surface area (Å²) in [5.74, 6) is 1.35. The second-order valence-corrected chi connectivity index (χ2v) is 8.11. The molecule has 1 fully saturated rings. The summed E-state index contributed by atoms with van der Waals surface area (Å²) >= 11 is 6.20. The SMILES string of the molecule is CC[C@](C)(C(=O)O)C1CN(C2=Nc3cc(Cl)ccc3Oc3ccccc32)CCN1. The first-order chi connectivity index (χ1) is 13.9. The Bertz CT molecular complexity index is 978. The molecular formula is C22H24ClN3O3. The minimum atomic E-state index is -0.860. The molecule has 0 saturated carbocycles. The van der Waals surface area contributed by atoms with Crippen molar-refractivity contribution in [2.24, 2.45) is 10.4 Å². The molecule has 2 aromatic rings. The Morgan fingerprint density at radius 2 is 2.14 bits per heavy atom. The van der Waals surface area contributed by atoms with Crippen LogP contribution in [0.5, 0.6) is 11.5 Å². The zero-order valence-electron chi connectivity index (χ0n) is 16.5. The number of para-hydroxylation sites is 1. The number of hydrogen-bond donors (Lipinski definition) is 2. The number of carbonyl (C=O) groups is 1. The summed E-state index contributed by atoms with van der Waals surface area (Å²) in [5, 5.41) is 13.8. The van der Waals surface area contributed by atoms with E-state index in [1.807, 2.05) is 37.3 Å². The van der Waals surface area contributed by atoms with Crippen LogP contribution in [0.4, 0.5) is 5.69 Å². The Labute approximate surface area is 175 Å². The third kappa shape index (κ3) is 3.58. The van der Waals surface area contributed by atoms with E-state index in [1.165, 1.54) is 0 Å². The molecule has 2 N–H and O–H groups in total. The summed E-state index contributed by atoms with van der Waals surface area (Å²) in [4.78, 5) is 19.0. The molecule has 2 aliphatic rings. The molecule has 1 saturated heterocycles. The maximum Gasteiger partial charge on any atom is 0.310 e. The number of ether oxygens (including phenoxy) is 1. The van der Waals surface area contributed by atoms with Gasteiger partial charge in [0.05, 0.1) is 11.0 Å². The molecule has 0 spiro atoms. The van der Waals surface area contributed by atoms with E-state index in [0.29, 0.717) is 36.0 Å². The second-order valence-electron chi connectivity index (χ2n) is 7.67. The molecule has 1 unspecified atom stereocenters. The first-order valence-corrected chi connectivity index (χ1v) is 10.2. The lowest BCUT2D eigenvalue weighted by atomic mass is 9.78. The highest BCUT2D eigenvalue weighted by molar-refractivity contribution is 6.31. The number of benzene rings is 2. The van der Waals surface area contributed by atoms with Crippen LogP contribution in [0.3, 0.4) is 0 Å². The second kappa shape index (κ2) is 7.69. The van der Waals surface area contributed by atoms with Gasteiger partial charge in [0.2, 0.25) is 0 Å². The average Bonchev–Trinajstić information content (AvgIpc) is 2.89. The predicted octanol–water partition coefficient (Wildman–Crippen LogP) is 4.30. The molecule has 0 amide bonds. The standard InChI is InChI=1S/C22H24ClN3O3/c1-3-22(2,21(27)28)19-13-26(11-10-24-19)20-15-6-4-5-7-17(15)29-18-9-8-14(23)12-16(18)25-20/h4-9,12,19,24H,3,10-11,13H2,1-2H3,(H,27,28)/t19?,22-/m0/s1. The van der Waals surface area contributed by atoms with Crippen molar-refractivity contribution in [2.45, 2.75) is 26.3 Å². The van der Waals surface area contributed by atoms with Crippen molar-refractivity contribution in [1.82, 2.24) is 10.2 Å². The summed E-state index contributed by atoms with van der Waals surface area (Å²) in [6, 6.07) is 13.0. The van der Waals surface area contributed by atoms with E-state index in [1.54, 1.807) is 19.1 Å². The third-order valence-corrected chi connectivity index (χ3v) is 6.20. The summed E-state index contributed by atoms with van der Waals surface area (Å²) in [6.07, 6.45) is 0.540. The smallest absolute Gasteiger partial charge is 0.310 e. The quantitative estimate of drug-likeness (QED) is 0.784. The maximum absolute atomic E-state index is 12.0. The number of fused-ring (bicyclic) bond motifs is 2. The molecule has 152 valence electrons. The van der Waals surface area contributed by atoms with Crippen molar-refractivity contribution < 1.29 is 14.6 Å². The Kier molecular flexibility index (Phi) is 5.23. The summed E-state index contributed by atoms with van der Waals surface area (Å²) in [5.41, 5.74) is 0.686. The number of nitrogens with one attached hydrogen (secondary N) is 1. The lowest BCUT2D eigenvalue weighted by molar-refractivity contribution is -0.150. The third-order valence-electron chi connectivity index (χ3n) is 5.96. The van der Waals surface area contributed by atoms with E-state index < -0.39 is 11.4 Å². The van der Waals surface area contributed by atoms with Gasteiger partial charge in [-0.25, -0.2) is 4.99 Å². The monoisotopic (exact) mass is 413 g/mol. The van der Waals surface area contributed by atoms with E-state index in [9.17, 15) is 9.90 Å². The van der Waals surface area contributed by atoms with Crippen LogP contribution >= 0.6 is 11.6 Å². The first kappa shape index (κ1) is 19.7.